The Hall–Kier alpha value is -3.10. The first-order valence-corrected chi connectivity index (χ1v) is 11.0. The number of carbonyl (C=O) groups excluding carboxylic acids is 1. The van der Waals surface area contributed by atoms with Crippen molar-refractivity contribution in [3.05, 3.63) is 87.6 Å². The van der Waals surface area contributed by atoms with E-state index in [1.807, 2.05) is 38.1 Å². The van der Waals surface area contributed by atoms with Crippen LogP contribution in [0.2, 0.25) is 5.02 Å². The molecule has 0 aliphatic carbocycles. The Bertz CT molecular complexity index is 1300. The summed E-state index contributed by atoms with van der Waals surface area (Å²) in [6, 6.07) is 15.9. The van der Waals surface area contributed by atoms with Crippen molar-refractivity contribution in [3.63, 3.8) is 0 Å². The van der Waals surface area contributed by atoms with E-state index in [-0.39, 0.29) is 17.5 Å². The van der Waals surface area contributed by atoms with Crippen molar-refractivity contribution < 1.29 is 4.79 Å². The molecule has 1 N–H and O–H groups in total. The SMILES string of the molecule is CC(C)n1cnc2nc(CSc3ccc(NC(=O)c4cccc(Cl)c4)cc3)cc(=O)n21. The molecule has 0 radical (unpaired) electrons. The highest BCUT2D eigenvalue weighted by molar-refractivity contribution is 7.98. The van der Waals surface area contributed by atoms with Crippen molar-refractivity contribution in [2.24, 2.45) is 0 Å². The van der Waals surface area contributed by atoms with Gasteiger partial charge in [-0.2, -0.15) is 9.50 Å². The van der Waals surface area contributed by atoms with Gasteiger partial charge in [0.2, 0.25) is 0 Å². The van der Waals surface area contributed by atoms with Gasteiger partial charge in [-0.05, 0) is 56.3 Å². The second-order valence-corrected chi connectivity index (χ2v) is 8.68. The second kappa shape index (κ2) is 8.95. The lowest BCUT2D eigenvalue weighted by Gasteiger charge is -2.09. The molecule has 0 unspecified atom stereocenters. The largest absolute Gasteiger partial charge is 0.322 e. The molecular weight excluding hydrogens is 434 g/mol. The molecule has 4 rings (SSSR count). The number of thioether (sulfide) groups is 1. The number of nitrogens with one attached hydrogen (secondary N) is 1. The number of hydrogen-bond acceptors (Lipinski definition) is 5. The molecule has 7 nitrogen and oxygen atoms in total. The minimum atomic E-state index is -0.221. The summed E-state index contributed by atoms with van der Waals surface area (Å²) in [6.45, 7) is 3.97. The molecule has 0 spiro atoms. The molecule has 0 saturated carbocycles. The van der Waals surface area contributed by atoms with E-state index in [4.69, 9.17) is 11.6 Å². The van der Waals surface area contributed by atoms with Crippen LogP contribution in [-0.4, -0.2) is 25.1 Å². The van der Waals surface area contributed by atoms with E-state index in [1.54, 1.807) is 53.1 Å². The maximum Gasteiger partial charge on any atom is 0.274 e. The number of fused-ring (bicyclic) bond motifs is 1. The Labute approximate surface area is 188 Å². The lowest BCUT2D eigenvalue weighted by Crippen LogP contribution is -2.22. The molecule has 1 amide bonds. The molecule has 31 heavy (non-hydrogen) atoms. The molecule has 0 bridgehead atoms. The van der Waals surface area contributed by atoms with Gasteiger partial charge in [0.25, 0.3) is 17.2 Å². The molecule has 4 aromatic rings. The number of anilines is 1. The monoisotopic (exact) mass is 453 g/mol. The van der Waals surface area contributed by atoms with Crippen molar-refractivity contribution in [1.82, 2.24) is 19.2 Å². The van der Waals surface area contributed by atoms with Gasteiger partial charge in [-0.15, -0.1) is 11.8 Å². The fourth-order valence-corrected chi connectivity index (χ4v) is 4.02. The Morgan fingerprint density at radius 3 is 2.65 bits per heavy atom. The normalized spacial score (nSPS) is 11.2. The van der Waals surface area contributed by atoms with Crippen molar-refractivity contribution in [1.29, 1.82) is 0 Å². The van der Waals surface area contributed by atoms with Crippen molar-refractivity contribution >= 4 is 40.7 Å². The first-order valence-electron chi connectivity index (χ1n) is 9.66. The third-order valence-electron chi connectivity index (χ3n) is 4.57. The first kappa shape index (κ1) is 21.1. The van der Waals surface area contributed by atoms with Crippen molar-refractivity contribution in [2.45, 2.75) is 30.5 Å². The highest BCUT2D eigenvalue weighted by atomic mass is 35.5. The number of amides is 1. The Morgan fingerprint density at radius 1 is 1.16 bits per heavy atom. The highest BCUT2D eigenvalue weighted by Crippen LogP contribution is 2.24. The van der Waals surface area contributed by atoms with Gasteiger partial charge in [0.05, 0.1) is 5.69 Å². The fourth-order valence-electron chi connectivity index (χ4n) is 3.04. The zero-order valence-corrected chi connectivity index (χ0v) is 18.5. The maximum absolute atomic E-state index is 12.5. The molecule has 0 aliphatic rings. The number of carbonyl (C=O) groups is 1. The lowest BCUT2D eigenvalue weighted by atomic mass is 10.2. The maximum atomic E-state index is 12.5. The fraction of sp³-hybridized carbons (Fsp3) is 0.182. The molecule has 2 aromatic heterocycles. The van der Waals surface area contributed by atoms with Gasteiger partial charge in [0, 0.05) is 39.0 Å². The van der Waals surface area contributed by atoms with Crippen LogP contribution in [0, 0.1) is 0 Å². The summed E-state index contributed by atoms with van der Waals surface area (Å²) in [5, 5.41) is 3.37. The molecule has 2 aromatic carbocycles. The van der Waals surface area contributed by atoms with Crippen molar-refractivity contribution in [2.75, 3.05) is 5.32 Å². The van der Waals surface area contributed by atoms with Gasteiger partial charge in [0.15, 0.2) is 0 Å². The molecule has 0 fully saturated rings. The van der Waals surface area contributed by atoms with Crippen LogP contribution >= 0.6 is 23.4 Å². The zero-order valence-electron chi connectivity index (χ0n) is 16.9. The standard InChI is InChI=1S/C22H20ClN5O2S/c1-14(2)27-13-24-22-26-18(11-20(29)28(22)27)12-31-19-8-6-17(7-9-19)25-21(30)15-4-3-5-16(23)10-15/h3-11,13-14H,12H2,1-2H3,(H,25,30). The summed E-state index contributed by atoms with van der Waals surface area (Å²) < 4.78 is 3.24. The predicted octanol–water partition coefficient (Wildman–Crippen LogP) is 4.67. The van der Waals surface area contributed by atoms with E-state index in [2.05, 4.69) is 15.3 Å². The number of hydrogen-bond donors (Lipinski definition) is 1. The predicted molar refractivity (Wildman–Crippen MR) is 123 cm³/mol. The number of aromatic nitrogens is 4. The molecular formula is C22H20ClN5O2S. The van der Waals surface area contributed by atoms with E-state index in [0.717, 1.165) is 4.90 Å². The van der Waals surface area contributed by atoms with Crippen LogP contribution in [0.3, 0.4) is 0 Å². The molecule has 158 valence electrons. The van der Waals surface area contributed by atoms with Crippen LogP contribution in [0.5, 0.6) is 0 Å². The number of benzene rings is 2. The van der Waals surface area contributed by atoms with Crippen LogP contribution in [0.1, 0.15) is 35.9 Å². The van der Waals surface area contributed by atoms with E-state index in [1.165, 1.54) is 4.52 Å². The van der Waals surface area contributed by atoms with Gasteiger partial charge < -0.3 is 5.32 Å². The number of nitrogens with zero attached hydrogens (tertiary/aromatic N) is 4. The minimum absolute atomic E-state index is 0.114. The summed E-state index contributed by atoms with van der Waals surface area (Å²) in [7, 11) is 0. The van der Waals surface area contributed by atoms with E-state index < -0.39 is 0 Å². The van der Waals surface area contributed by atoms with Gasteiger partial charge in [0.1, 0.15) is 6.33 Å². The first-order chi connectivity index (χ1) is 14.9. The Balaban J connectivity index is 1.41. The quantitative estimate of drug-likeness (QED) is 0.429. The molecule has 2 heterocycles. The minimum Gasteiger partial charge on any atom is -0.322 e. The van der Waals surface area contributed by atoms with Crippen LogP contribution in [0.15, 0.2) is 70.6 Å². The van der Waals surface area contributed by atoms with Gasteiger partial charge >= 0.3 is 0 Å². The third kappa shape index (κ3) is 4.81. The van der Waals surface area contributed by atoms with Crippen molar-refractivity contribution in [3.8, 4) is 0 Å². The van der Waals surface area contributed by atoms with Crippen LogP contribution in [0.25, 0.3) is 5.78 Å². The molecule has 9 heteroatoms. The molecule has 0 aliphatic heterocycles. The summed E-state index contributed by atoms with van der Waals surface area (Å²) in [4.78, 5) is 34.5. The van der Waals surface area contributed by atoms with Crippen LogP contribution in [-0.2, 0) is 5.75 Å². The second-order valence-electron chi connectivity index (χ2n) is 7.19. The van der Waals surface area contributed by atoms with E-state index >= 15 is 0 Å². The Morgan fingerprint density at radius 2 is 1.94 bits per heavy atom. The average molecular weight is 454 g/mol. The third-order valence-corrected chi connectivity index (χ3v) is 5.85. The average Bonchev–Trinajstić information content (AvgIpc) is 3.18. The Kier molecular flexibility index (Phi) is 6.11. The number of rotatable bonds is 6. The topological polar surface area (TPSA) is 81.3 Å². The van der Waals surface area contributed by atoms with E-state index in [0.29, 0.717) is 33.5 Å². The highest BCUT2D eigenvalue weighted by Gasteiger charge is 2.11. The summed E-state index contributed by atoms with van der Waals surface area (Å²) in [6.07, 6.45) is 1.63. The molecule has 0 saturated heterocycles. The van der Waals surface area contributed by atoms with Crippen LogP contribution < -0.4 is 10.9 Å². The molecule has 0 atom stereocenters. The lowest BCUT2D eigenvalue weighted by molar-refractivity contribution is 0.102. The number of halogens is 1. The van der Waals surface area contributed by atoms with Gasteiger partial charge in [-0.1, -0.05) is 17.7 Å². The summed E-state index contributed by atoms with van der Waals surface area (Å²) >= 11 is 7.50. The van der Waals surface area contributed by atoms with Crippen LogP contribution in [0.4, 0.5) is 5.69 Å². The zero-order chi connectivity index (χ0) is 22.0. The van der Waals surface area contributed by atoms with E-state index in [9.17, 15) is 9.59 Å². The summed E-state index contributed by atoms with van der Waals surface area (Å²) in [5.74, 6) is 0.715. The van der Waals surface area contributed by atoms with Gasteiger partial charge in [-0.3, -0.25) is 14.3 Å². The summed E-state index contributed by atoms with van der Waals surface area (Å²) in [5.41, 5.74) is 1.71. The smallest absolute Gasteiger partial charge is 0.274 e. The van der Waals surface area contributed by atoms with Gasteiger partial charge in [-0.25, -0.2) is 4.98 Å².